The number of pyridine rings is 1. The second-order valence-electron chi connectivity index (χ2n) is 8.55. The standard InChI is InChI=1S/C26H26N4O5S/c1-5-34-26(33)22-14(2)17(12-27)24(36-22)29-23(31)15(3)35-25(32)21-16-8-6-7-9-19(16)28-20-10-11-30(4)13-18(20)21/h6-9,15H,5,10-11,13H2,1-4H3,(H,29,31). The zero-order valence-corrected chi connectivity index (χ0v) is 21.3. The van der Waals surface area contributed by atoms with Crippen molar-refractivity contribution in [2.75, 3.05) is 25.5 Å². The molecule has 2 aromatic heterocycles. The molecule has 1 atom stereocenters. The Morgan fingerprint density at radius 1 is 1.28 bits per heavy atom. The first-order chi connectivity index (χ1) is 17.2. The van der Waals surface area contributed by atoms with Gasteiger partial charge in [0.2, 0.25) is 0 Å². The van der Waals surface area contributed by atoms with Crippen LogP contribution in [-0.4, -0.2) is 54.0 Å². The lowest BCUT2D eigenvalue weighted by Crippen LogP contribution is -2.32. The average molecular weight is 507 g/mol. The number of para-hydroxylation sites is 1. The topological polar surface area (TPSA) is 122 Å². The number of nitrogens with one attached hydrogen (secondary N) is 1. The van der Waals surface area contributed by atoms with E-state index in [2.05, 4.69) is 10.2 Å². The first kappa shape index (κ1) is 25.3. The van der Waals surface area contributed by atoms with Crippen LogP contribution in [0.4, 0.5) is 5.00 Å². The summed E-state index contributed by atoms with van der Waals surface area (Å²) in [5.41, 5.74) is 3.38. The van der Waals surface area contributed by atoms with Crippen LogP contribution >= 0.6 is 11.3 Å². The summed E-state index contributed by atoms with van der Waals surface area (Å²) in [6.07, 6.45) is -0.439. The fourth-order valence-corrected chi connectivity index (χ4v) is 5.23. The Balaban J connectivity index is 1.59. The molecule has 4 rings (SSSR count). The third-order valence-corrected chi connectivity index (χ3v) is 7.24. The number of thiophene rings is 1. The van der Waals surface area contributed by atoms with Gasteiger partial charge in [0.25, 0.3) is 5.91 Å². The zero-order valence-electron chi connectivity index (χ0n) is 20.5. The number of nitrogens with zero attached hydrogens (tertiary/aromatic N) is 3. The summed E-state index contributed by atoms with van der Waals surface area (Å²) < 4.78 is 10.6. The van der Waals surface area contributed by atoms with Crippen LogP contribution in [0.5, 0.6) is 0 Å². The molecule has 0 saturated carbocycles. The Hall–Kier alpha value is -3.81. The van der Waals surface area contributed by atoms with Crippen molar-refractivity contribution in [2.45, 2.75) is 39.8 Å². The molecule has 0 saturated heterocycles. The maximum Gasteiger partial charge on any atom is 0.348 e. The maximum atomic E-state index is 13.4. The predicted octanol–water partition coefficient (Wildman–Crippen LogP) is 3.83. The second kappa shape index (κ2) is 10.4. The van der Waals surface area contributed by atoms with E-state index in [-0.39, 0.29) is 22.0 Å². The molecule has 1 aliphatic heterocycles. The van der Waals surface area contributed by atoms with Crippen LogP contribution in [0.15, 0.2) is 24.3 Å². The van der Waals surface area contributed by atoms with Crippen molar-refractivity contribution in [3.63, 3.8) is 0 Å². The Bertz CT molecular complexity index is 1410. The number of hydrogen-bond acceptors (Lipinski definition) is 9. The van der Waals surface area contributed by atoms with Crippen molar-refractivity contribution in [1.29, 1.82) is 5.26 Å². The van der Waals surface area contributed by atoms with Crippen LogP contribution in [0, 0.1) is 18.3 Å². The van der Waals surface area contributed by atoms with Crippen LogP contribution in [0.2, 0.25) is 0 Å². The van der Waals surface area contributed by atoms with Gasteiger partial charge >= 0.3 is 11.9 Å². The molecular weight excluding hydrogens is 480 g/mol. The molecule has 1 aromatic carbocycles. The summed E-state index contributed by atoms with van der Waals surface area (Å²) in [5.74, 6) is -1.78. The van der Waals surface area contributed by atoms with E-state index in [1.54, 1.807) is 13.8 Å². The van der Waals surface area contributed by atoms with Gasteiger partial charge in [0, 0.05) is 36.2 Å². The average Bonchev–Trinajstić information content (AvgIpc) is 3.17. The largest absolute Gasteiger partial charge is 0.462 e. The minimum atomic E-state index is -1.15. The van der Waals surface area contributed by atoms with Gasteiger partial charge in [-0.15, -0.1) is 11.3 Å². The van der Waals surface area contributed by atoms with Gasteiger partial charge in [-0.1, -0.05) is 18.2 Å². The number of carbonyl (C=O) groups is 3. The molecular formula is C26H26N4O5S. The quantitative estimate of drug-likeness (QED) is 0.501. The smallest absolute Gasteiger partial charge is 0.348 e. The number of fused-ring (bicyclic) bond motifs is 2. The lowest BCUT2D eigenvalue weighted by molar-refractivity contribution is -0.123. The maximum absolute atomic E-state index is 13.4. The summed E-state index contributed by atoms with van der Waals surface area (Å²) in [6, 6.07) is 9.39. The Morgan fingerprint density at radius 2 is 2.03 bits per heavy atom. The number of hydrogen-bond donors (Lipinski definition) is 1. The number of nitriles is 1. The second-order valence-corrected chi connectivity index (χ2v) is 9.57. The number of carbonyl (C=O) groups excluding carboxylic acids is 3. The molecule has 9 nitrogen and oxygen atoms in total. The molecule has 0 aliphatic carbocycles. The van der Waals surface area contributed by atoms with Crippen molar-refractivity contribution >= 4 is 45.1 Å². The molecule has 1 unspecified atom stereocenters. The summed E-state index contributed by atoms with van der Waals surface area (Å²) in [5, 5.41) is 13.1. The van der Waals surface area contributed by atoms with Crippen molar-refractivity contribution in [3.05, 3.63) is 57.1 Å². The van der Waals surface area contributed by atoms with Gasteiger partial charge in [-0.2, -0.15) is 5.26 Å². The van der Waals surface area contributed by atoms with E-state index in [9.17, 15) is 19.6 Å². The van der Waals surface area contributed by atoms with Gasteiger partial charge in [0.05, 0.1) is 23.3 Å². The predicted molar refractivity (Wildman–Crippen MR) is 135 cm³/mol. The van der Waals surface area contributed by atoms with Gasteiger partial charge in [-0.25, -0.2) is 9.59 Å². The third-order valence-electron chi connectivity index (χ3n) is 6.05. The van der Waals surface area contributed by atoms with E-state index < -0.39 is 23.9 Å². The number of likely N-dealkylation sites (N-methyl/N-ethyl adjacent to an activating group) is 1. The van der Waals surface area contributed by atoms with Gasteiger partial charge in [-0.3, -0.25) is 9.78 Å². The Labute approximate surface area is 212 Å². The number of ether oxygens (including phenoxy) is 2. The SMILES string of the molecule is CCOC(=O)c1sc(NC(=O)C(C)OC(=O)c2c3c(nc4ccccc24)CCN(C)C3)c(C#N)c1C. The van der Waals surface area contributed by atoms with E-state index in [1.165, 1.54) is 6.92 Å². The first-order valence-corrected chi connectivity index (χ1v) is 12.4. The van der Waals surface area contributed by atoms with Crippen LogP contribution < -0.4 is 5.32 Å². The van der Waals surface area contributed by atoms with Crippen LogP contribution in [-0.2, 0) is 27.2 Å². The Morgan fingerprint density at radius 3 is 2.75 bits per heavy atom. The zero-order chi connectivity index (χ0) is 26.0. The van der Waals surface area contributed by atoms with E-state index >= 15 is 0 Å². The number of aromatic nitrogens is 1. The van der Waals surface area contributed by atoms with Crippen LogP contribution in [0.25, 0.3) is 10.9 Å². The lowest BCUT2D eigenvalue weighted by atomic mass is 9.96. The molecule has 36 heavy (non-hydrogen) atoms. The highest BCUT2D eigenvalue weighted by Crippen LogP contribution is 2.33. The van der Waals surface area contributed by atoms with Crippen molar-refractivity contribution in [1.82, 2.24) is 9.88 Å². The first-order valence-electron chi connectivity index (χ1n) is 11.6. The number of anilines is 1. The molecule has 0 radical (unpaired) electrons. The minimum absolute atomic E-state index is 0.173. The number of amides is 1. The molecule has 10 heteroatoms. The molecule has 1 amide bonds. The highest BCUT2D eigenvalue weighted by atomic mass is 32.1. The molecule has 3 heterocycles. The fraction of sp³-hybridized carbons (Fsp3) is 0.346. The lowest BCUT2D eigenvalue weighted by Gasteiger charge is -2.27. The van der Waals surface area contributed by atoms with Crippen LogP contribution in [0.1, 0.15) is 56.3 Å². The molecule has 0 fully saturated rings. The van der Waals surface area contributed by atoms with Gasteiger partial charge in [-0.05, 0) is 39.4 Å². The molecule has 1 aliphatic rings. The summed E-state index contributed by atoms with van der Waals surface area (Å²) in [7, 11) is 1.98. The molecule has 0 bridgehead atoms. The highest BCUT2D eigenvalue weighted by Gasteiger charge is 2.29. The summed E-state index contributed by atoms with van der Waals surface area (Å²) in [6.45, 7) is 6.35. The number of rotatable bonds is 6. The van der Waals surface area contributed by atoms with Crippen molar-refractivity contribution in [3.8, 4) is 6.07 Å². The van der Waals surface area contributed by atoms with Gasteiger partial charge in [0.15, 0.2) is 6.10 Å². The van der Waals surface area contributed by atoms with Gasteiger partial charge < -0.3 is 19.7 Å². The van der Waals surface area contributed by atoms with E-state index in [1.807, 2.05) is 37.4 Å². The van der Waals surface area contributed by atoms with Crippen molar-refractivity contribution in [2.24, 2.45) is 0 Å². The highest BCUT2D eigenvalue weighted by molar-refractivity contribution is 7.18. The molecule has 3 aromatic rings. The minimum Gasteiger partial charge on any atom is -0.462 e. The van der Waals surface area contributed by atoms with E-state index in [0.717, 1.165) is 29.1 Å². The number of benzene rings is 1. The Kier molecular flexibility index (Phi) is 7.33. The molecule has 0 spiro atoms. The van der Waals surface area contributed by atoms with Gasteiger partial charge in [0.1, 0.15) is 15.9 Å². The number of esters is 2. The summed E-state index contributed by atoms with van der Waals surface area (Å²) in [4.78, 5) is 45.6. The fourth-order valence-electron chi connectivity index (χ4n) is 4.17. The monoisotopic (exact) mass is 506 g/mol. The summed E-state index contributed by atoms with van der Waals surface area (Å²) >= 11 is 0.957. The van der Waals surface area contributed by atoms with E-state index in [4.69, 9.17) is 14.5 Å². The third kappa shape index (κ3) is 4.80. The van der Waals surface area contributed by atoms with Crippen molar-refractivity contribution < 1.29 is 23.9 Å². The molecule has 186 valence electrons. The molecule has 1 N–H and O–H groups in total. The van der Waals surface area contributed by atoms with Crippen LogP contribution in [0.3, 0.4) is 0 Å². The normalized spacial score (nSPS) is 14.0. The van der Waals surface area contributed by atoms with E-state index in [0.29, 0.717) is 35.0 Å².